The number of rotatable bonds is 4. The highest BCUT2D eigenvalue weighted by Gasteiger charge is 2.26. The van der Waals surface area contributed by atoms with Gasteiger partial charge in [-0.25, -0.2) is 13.8 Å². The molecule has 2 aromatic heterocycles. The second kappa shape index (κ2) is 8.35. The highest BCUT2D eigenvalue weighted by Crippen LogP contribution is 2.25. The van der Waals surface area contributed by atoms with E-state index >= 15 is 0 Å². The smallest absolute Gasteiger partial charge is 0.259 e. The molecule has 32 heavy (non-hydrogen) atoms. The van der Waals surface area contributed by atoms with Gasteiger partial charge in [0.05, 0.1) is 18.9 Å². The number of hydrogen-bond donors (Lipinski definition) is 1. The lowest BCUT2D eigenvalue weighted by molar-refractivity contribution is 0.0296. The third-order valence-electron chi connectivity index (χ3n) is 5.27. The summed E-state index contributed by atoms with van der Waals surface area (Å²) in [5.41, 5.74) is 0.948. The molecule has 0 radical (unpaired) electrons. The van der Waals surface area contributed by atoms with Gasteiger partial charge in [-0.2, -0.15) is 4.98 Å². The lowest BCUT2D eigenvalue weighted by Gasteiger charge is -2.27. The van der Waals surface area contributed by atoms with Gasteiger partial charge in [-0.15, -0.1) is 0 Å². The standard InChI is InChI=1S/C23H19F2N5O2/c24-18-12-17(13-19(25)20(18)22(31)29-8-10-32-11-9-29)30-7-6-15-14-26-23(28-21(15)30)27-16-4-2-1-3-5-16/h1-7,12-14H,8-11H2,(H,26,27,28). The summed E-state index contributed by atoms with van der Waals surface area (Å²) in [5.74, 6) is -2.17. The van der Waals surface area contributed by atoms with Crippen LogP contribution in [-0.4, -0.2) is 51.6 Å². The molecule has 0 aliphatic carbocycles. The Hall–Kier alpha value is -3.85. The largest absolute Gasteiger partial charge is 0.378 e. The van der Waals surface area contributed by atoms with Crippen LogP contribution in [0, 0.1) is 11.6 Å². The second-order valence-corrected chi connectivity index (χ2v) is 7.34. The van der Waals surface area contributed by atoms with Crippen LogP contribution in [0.5, 0.6) is 0 Å². The molecule has 9 heteroatoms. The number of nitrogens with one attached hydrogen (secondary N) is 1. The van der Waals surface area contributed by atoms with Crippen molar-refractivity contribution in [1.82, 2.24) is 19.4 Å². The Morgan fingerprint density at radius 1 is 1.03 bits per heavy atom. The topological polar surface area (TPSA) is 72.3 Å². The fourth-order valence-electron chi connectivity index (χ4n) is 3.66. The number of carbonyl (C=O) groups excluding carboxylic acids is 1. The number of hydrogen-bond acceptors (Lipinski definition) is 5. The molecule has 1 aliphatic rings. The second-order valence-electron chi connectivity index (χ2n) is 7.34. The maximum atomic E-state index is 14.9. The van der Waals surface area contributed by atoms with Gasteiger partial charge in [0, 0.05) is 36.6 Å². The fourth-order valence-corrected chi connectivity index (χ4v) is 3.66. The summed E-state index contributed by atoms with van der Waals surface area (Å²) in [6, 6.07) is 13.5. The monoisotopic (exact) mass is 435 g/mol. The van der Waals surface area contributed by atoms with Crippen LogP contribution in [0.15, 0.2) is 60.9 Å². The van der Waals surface area contributed by atoms with Crippen LogP contribution in [0.2, 0.25) is 0 Å². The Labute approximate surface area is 182 Å². The molecule has 1 amide bonds. The molecule has 0 unspecified atom stereocenters. The summed E-state index contributed by atoms with van der Waals surface area (Å²) >= 11 is 0. The van der Waals surface area contributed by atoms with Crippen LogP contribution in [0.1, 0.15) is 10.4 Å². The van der Waals surface area contributed by atoms with Crippen LogP contribution in [0.3, 0.4) is 0 Å². The van der Waals surface area contributed by atoms with Crippen LogP contribution >= 0.6 is 0 Å². The highest BCUT2D eigenvalue weighted by atomic mass is 19.1. The van der Waals surface area contributed by atoms with E-state index in [0.29, 0.717) is 43.3 Å². The summed E-state index contributed by atoms with van der Waals surface area (Å²) in [6.45, 7) is 1.30. The van der Waals surface area contributed by atoms with E-state index in [1.807, 2.05) is 30.3 Å². The Morgan fingerprint density at radius 2 is 1.75 bits per heavy atom. The minimum Gasteiger partial charge on any atom is -0.378 e. The molecule has 162 valence electrons. The van der Waals surface area contributed by atoms with E-state index in [4.69, 9.17) is 4.74 Å². The maximum Gasteiger partial charge on any atom is 0.259 e. The summed E-state index contributed by atoms with van der Waals surface area (Å²) in [6.07, 6.45) is 3.29. The average molecular weight is 435 g/mol. The van der Waals surface area contributed by atoms with Crippen molar-refractivity contribution in [3.8, 4) is 5.69 Å². The van der Waals surface area contributed by atoms with Crippen molar-refractivity contribution in [3.05, 3.63) is 78.1 Å². The van der Waals surface area contributed by atoms with Gasteiger partial charge in [-0.1, -0.05) is 18.2 Å². The van der Waals surface area contributed by atoms with Crippen LogP contribution in [0.25, 0.3) is 16.7 Å². The number of morpholine rings is 1. The van der Waals surface area contributed by atoms with Gasteiger partial charge >= 0.3 is 0 Å². The third kappa shape index (κ3) is 3.78. The Balaban J connectivity index is 1.49. The van der Waals surface area contributed by atoms with E-state index < -0.39 is 23.1 Å². The van der Waals surface area contributed by atoms with Crippen molar-refractivity contribution < 1.29 is 18.3 Å². The number of benzene rings is 2. The first kappa shape index (κ1) is 20.1. The summed E-state index contributed by atoms with van der Waals surface area (Å²) < 4.78 is 36.6. The Morgan fingerprint density at radius 3 is 2.47 bits per heavy atom. The van der Waals surface area contributed by atoms with Gasteiger partial charge < -0.3 is 19.5 Å². The van der Waals surface area contributed by atoms with Gasteiger partial charge in [0.1, 0.15) is 22.8 Å². The first-order chi connectivity index (χ1) is 15.6. The zero-order valence-corrected chi connectivity index (χ0v) is 17.0. The minimum absolute atomic E-state index is 0.220. The van der Waals surface area contributed by atoms with Gasteiger partial charge in [-0.05, 0) is 30.3 Å². The predicted molar refractivity (Wildman–Crippen MR) is 115 cm³/mol. The number of halogens is 2. The maximum absolute atomic E-state index is 14.9. The highest BCUT2D eigenvalue weighted by molar-refractivity contribution is 5.95. The number of fused-ring (bicyclic) bond motifs is 1. The molecule has 5 rings (SSSR count). The quantitative estimate of drug-likeness (QED) is 0.526. The molecule has 1 N–H and O–H groups in total. The van der Waals surface area contributed by atoms with E-state index in [2.05, 4.69) is 15.3 Å². The van der Waals surface area contributed by atoms with Crippen LogP contribution in [-0.2, 0) is 4.74 Å². The Kier molecular flexibility index (Phi) is 5.24. The van der Waals surface area contributed by atoms with Gasteiger partial charge in [0.2, 0.25) is 5.95 Å². The lowest BCUT2D eigenvalue weighted by Crippen LogP contribution is -2.41. The SMILES string of the molecule is O=C(c1c(F)cc(-n2ccc3cnc(Nc4ccccc4)nc32)cc1F)N1CCOCC1. The molecule has 2 aromatic carbocycles. The first-order valence-electron chi connectivity index (χ1n) is 10.1. The lowest BCUT2D eigenvalue weighted by atomic mass is 10.1. The van der Waals surface area contributed by atoms with E-state index in [1.165, 1.54) is 4.90 Å². The van der Waals surface area contributed by atoms with Crippen molar-refractivity contribution in [1.29, 1.82) is 0 Å². The molecule has 7 nitrogen and oxygen atoms in total. The molecule has 1 aliphatic heterocycles. The number of ether oxygens (including phenoxy) is 1. The van der Waals surface area contributed by atoms with Crippen LogP contribution in [0.4, 0.5) is 20.4 Å². The summed E-state index contributed by atoms with van der Waals surface area (Å²) in [5, 5.41) is 3.81. The number of amides is 1. The Bertz CT molecular complexity index is 1260. The molecular weight excluding hydrogens is 416 g/mol. The first-order valence-corrected chi connectivity index (χ1v) is 10.1. The molecule has 1 saturated heterocycles. The molecule has 4 aromatic rings. The molecule has 0 spiro atoms. The number of nitrogens with zero attached hydrogens (tertiary/aromatic N) is 4. The van der Waals surface area contributed by atoms with E-state index in [1.54, 1.807) is 23.0 Å². The van der Waals surface area contributed by atoms with Gasteiger partial charge in [-0.3, -0.25) is 4.79 Å². The molecule has 1 fully saturated rings. The number of aromatic nitrogens is 3. The number of para-hydroxylation sites is 1. The molecule has 0 bridgehead atoms. The molecule has 0 atom stereocenters. The van der Waals surface area contributed by atoms with Crippen molar-refractivity contribution in [2.45, 2.75) is 0 Å². The molecular formula is C23H19F2N5O2. The molecule has 0 saturated carbocycles. The van der Waals surface area contributed by atoms with Crippen molar-refractivity contribution >= 4 is 28.6 Å². The van der Waals surface area contributed by atoms with Gasteiger partial charge in [0.15, 0.2) is 0 Å². The predicted octanol–water partition coefficient (Wildman–Crippen LogP) is 3.91. The zero-order chi connectivity index (χ0) is 22.1. The third-order valence-corrected chi connectivity index (χ3v) is 5.27. The summed E-state index contributed by atoms with van der Waals surface area (Å²) in [7, 11) is 0. The number of anilines is 2. The van der Waals surface area contributed by atoms with Gasteiger partial charge in [0.25, 0.3) is 5.91 Å². The van der Waals surface area contributed by atoms with Crippen molar-refractivity contribution in [2.24, 2.45) is 0 Å². The van der Waals surface area contributed by atoms with Crippen molar-refractivity contribution in [3.63, 3.8) is 0 Å². The van der Waals surface area contributed by atoms with Crippen LogP contribution < -0.4 is 5.32 Å². The summed E-state index contributed by atoms with van der Waals surface area (Å²) in [4.78, 5) is 22.8. The zero-order valence-electron chi connectivity index (χ0n) is 17.0. The van der Waals surface area contributed by atoms with Crippen molar-refractivity contribution in [2.75, 3.05) is 31.6 Å². The average Bonchev–Trinajstić information content (AvgIpc) is 3.23. The molecule has 3 heterocycles. The van der Waals surface area contributed by atoms with E-state index in [-0.39, 0.29) is 5.69 Å². The fraction of sp³-hybridized carbons (Fsp3) is 0.174. The number of carbonyl (C=O) groups is 1. The van der Waals surface area contributed by atoms with E-state index in [9.17, 15) is 13.6 Å². The van der Waals surface area contributed by atoms with E-state index in [0.717, 1.165) is 17.8 Å². The normalized spacial score (nSPS) is 14.0. The minimum atomic E-state index is -0.921.